The maximum atomic E-state index is 12.6. The molecule has 0 aromatic heterocycles. The van der Waals surface area contributed by atoms with Gasteiger partial charge in [0.2, 0.25) is 0 Å². The van der Waals surface area contributed by atoms with Crippen molar-refractivity contribution in [3.05, 3.63) is 24.3 Å². The molecule has 0 heterocycles. The van der Waals surface area contributed by atoms with Crippen molar-refractivity contribution in [3.63, 3.8) is 0 Å². The minimum absolute atomic E-state index is 0.0260. The van der Waals surface area contributed by atoms with Crippen molar-refractivity contribution >= 4 is 13.8 Å². The van der Waals surface area contributed by atoms with Crippen LogP contribution in [0.25, 0.3) is 0 Å². The zero-order valence-electron chi connectivity index (χ0n) is 33.4. The molecule has 0 saturated heterocycles. The lowest BCUT2D eigenvalue weighted by Gasteiger charge is -2.28. The maximum Gasteiger partial charge on any atom is 0.306 e. The van der Waals surface area contributed by atoms with Crippen LogP contribution in [0.3, 0.4) is 0 Å². The molecule has 0 aromatic carbocycles. The topological polar surface area (TPSA) is 94.1 Å². The van der Waals surface area contributed by atoms with Crippen LogP contribution in [-0.4, -0.2) is 70.7 Å². The van der Waals surface area contributed by atoms with E-state index in [1.165, 1.54) is 109 Å². The smallest absolute Gasteiger partial charge is 0.306 e. The highest BCUT2D eigenvalue weighted by atomic mass is 31.2. The standard InChI is InChI=1S/C41H80NO7P/c1-6-8-10-12-14-16-18-19-20-21-22-23-24-25-26-28-30-32-34-41(43)49-40(39-48-50(44,45)47-37-35-42(3,4)5)38-46-36-33-31-29-27-17-15-13-11-9-7-2/h16,18,20-21,40H,6-15,17,19,22-39H2,1-5H3/b18-16-,21-20-. The second-order valence-corrected chi connectivity index (χ2v) is 16.4. The summed E-state index contributed by atoms with van der Waals surface area (Å²) < 4.78 is 34.5. The fourth-order valence-corrected chi connectivity index (χ4v) is 6.25. The SMILES string of the molecule is CCCCCC/C=C\C/C=C\CCCCCCCCCC(=O)OC(COCCCCCCCCCCCC)COP(=O)([O-])OCC[N+](C)(C)C. The Hall–Kier alpha value is -1.02. The van der Waals surface area contributed by atoms with E-state index >= 15 is 0 Å². The minimum Gasteiger partial charge on any atom is -0.756 e. The Morgan fingerprint density at radius 3 is 1.64 bits per heavy atom. The number of likely N-dealkylation sites (N-methyl/N-ethyl adjacent to an activating group) is 1. The van der Waals surface area contributed by atoms with E-state index in [9.17, 15) is 14.3 Å². The van der Waals surface area contributed by atoms with E-state index < -0.39 is 13.9 Å². The first kappa shape index (κ1) is 49.0. The van der Waals surface area contributed by atoms with Crippen LogP contribution in [0.4, 0.5) is 0 Å². The summed E-state index contributed by atoms with van der Waals surface area (Å²) in [6, 6.07) is 0. The van der Waals surface area contributed by atoms with E-state index in [1.807, 2.05) is 21.1 Å². The molecule has 296 valence electrons. The normalized spacial score (nSPS) is 14.1. The molecule has 50 heavy (non-hydrogen) atoms. The quantitative estimate of drug-likeness (QED) is 0.0205. The number of quaternary nitrogens is 1. The van der Waals surface area contributed by atoms with Gasteiger partial charge in [0.05, 0.1) is 34.4 Å². The molecule has 0 amide bonds. The first-order valence-corrected chi connectivity index (χ1v) is 22.0. The van der Waals surface area contributed by atoms with E-state index in [2.05, 4.69) is 38.2 Å². The molecule has 8 nitrogen and oxygen atoms in total. The van der Waals surface area contributed by atoms with E-state index in [1.54, 1.807) is 0 Å². The molecule has 0 rings (SSSR count). The number of phosphoric ester groups is 1. The van der Waals surface area contributed by atoms with Crippen LogP contribution in [0.15, 0.2) is 24.3 Å². The summed E-state index contributed by atoms with van der Waals surface area (Å²) in [4.78, 5) is 25.0. The lowest BCUT2D eigenvalue weighted by Crippen LogP contribution is -2.37. The number of carbonyl (C=O) groups is 1. The molecule has 9 heteroatoms. The summed E-state index contributed by atoms with van der Waals surface area (Å²) in [5.41, 5.74) is 0. The Labute approximate surface area is 309 Å². The molecule has 0 fully saturated rings. The Balaban J connectivity index is 4.23. The number of hydrogen-bond donors (Lipinski definition) is 0. The summed E-state index contributed by atoms with van der Waals surface area (Å²) in [5.74, 6) is -0.342. The van der Waals surface area contributed by atoms with Crippen molar-refractivity contribution < 1.29 is 37.3 Å². The predicted molar refractivity (Wildman–Crippen MR) is 208 cm³/mol. The van der Waals surface area contributed by atoms with Gasteiger partial charge in [-0.3, -0.25) is 9.36 Å². The second kappa shape index (κ2) is 35.0. The van der Waals surface area contributed by atoms with E-state index in [0.29, 0.717) is 24.1 Å². The number of rotatable bonds is 38. The third-order valence-corrected chi connectivity index (χ3v) is 9.72. The van der Waals surface area contributed by atoms with Crippen LogP contribution >= 0.6 is 7.82 Å². The van der Waals surface area contributed by atoms with Gasteiger partial charge in [0.1, 0.15) is 19.3 Å². The van der Waals surface area contributed by atoms with Gasteiger partial charge in [-0.25, -0.2) is 0 Å². The summed E-state index contributed by atoms with van der Waals surface area (Å²) >= 11 is 0. The van der Waals surface area contributed by atoms with Crippen LogP contribution in [0.5, 0.6) is 0 Å². The highest BCUT2D eigenvalue weighted by Crippen LogP contribution is 2.38. The molecule has 0 aliphatic carbocycles. The highest BCUT2D eigenvalue weighted by Gasteiger charge is 2.20. The molecule has 0 bridgehead atoms. The fourth-order valence-electron chi connectivity index (χ4n) is 5.52. The Morgan fingerprint density at radius 1 is 0.620 bits per heavy atom. The van der Waals surface area contributed by atoms with Crippen molar-refractivity contribution in [1.29, 1.82) is 0 Å². The largest absolute Gasteiger partial charge is 0.756 e. The number of hydrogen-bond acceptors (Lipinski definition) is 7. The molecule has 0 saturated carbocycles. The van der Waals surface area contributed by atoms with Gasteiger partial charge in [0, 0.05) is 13.0 Å². The predicted octanol–water partition coefficient (Wildman–Crippen LogP) is 11.0. The molecule has 0 radical (unpaired) electrons. The monoisotopic (exact) mass is 730 g/mol. The fraction of sp³-hybridized carbons (Fsp3) is 0.878. The van der Waals surface area contributed by atoms with E-state index in [4.69, 9.17) is 18.5 Å². The average Bonchev–Trinajstić information content (AvgIpc) is 3.06. The first-order chi connectivity index (χ1) is 24.1. The molecular weight excluding hydrogens is 649 g/mol. The molecule has 0 N–H and O–H groups in total. The third-order valence-electron chi connectivity index (χ3n) is 8.76. The van der Waals surface area contributed by atoms with Gasteiger partial charge in [0.25, 0.3) is 7.82 Å². The highest BCUT2D eigenvalue weighted by molar-refractivity contribution is 7.45. The van der Waals surface area contributed by atoms with Crippen LogP contribution in [0.1, 0.15) is 174 Å². The number of nitrogens with zero attached hydrogens (tertiary/aromatic N) is 1. The number of phosphoric acid groups is 1. The molecule has 0 aromatic rings. The van der Waals surface area contributed by atoms with Crippen molar-refractivity contribution in [3.8, 4) is 0 Å². The van der Waals surface area contributed by atoms with Gasteiger partial charge in [-0.1, -0.05) is 147 Å². The first-order valence-electron chi connectivity index (χ1n) is 20.6. The lowest BCUT2D eigenvalue weighted by atomic mass is 10.1. The molecule has 0 spiro atoms. The van der Waals surface area contributed by atoms with Gasteiger partial charge < -0.3 is 27.9 Å². The van der Waals surface area contributed by atoms with Gasteiger partial charge >= 0.3 is 5.97 Å². The van der Waals surface area contributed by atoms with Crippen LogP contribution < -0.4 is 4.89 Å². The summed E-state index contributed by atoms with van der Waals surface area (Å²) in [6.07, 6.45) is 37.5. The number of unbranched alkanes of at least 4 members (excludes halogenated alkanes) is 20. The van der Waals surface area contributed by atoms with Crippen molar-refractivity contribution in [2.75, 3.05) is 54.1 Å². The Kier molecular flexibility index (Phi) is 34.3. The molecule has 0 aliphatic heterocycles. The van der Waals surface area contributed by atoms with E-state index in [-0.39, 0.29) is 25.8 Å². The minimum atomic E-state index is -4.52. The third kappa shape index (κ3) is 38.2. The number of ether oxygens (including phenoxy) is 2. The van der Waals surface area contributed by atoms with Gasteiger partial charge in [-0.15, -0.1) is 0 Å². The van der Waals surface area contributed by atoms with Gasteiger partial charge in [0.15, 0.2) is 0 Å². The Morgan fingerprint density at radius 2 is 1.10 bits per heavy atom. The van der Waals surface area contributed by atoms with E-state index in [0.717, 1.165) is 44.9 Å². The van der Waals surface area contributed by atoms with Crippen molar-refractivity contribution in [1.82, 2.24) is 0 Å². The summed E-state index contributed by atoms with van der Waals surface area (Å²) in [6.45, 7) is 5.38. The maximum absolute atomic E-state index is 12.6. The zero-order valence-corrected chi connectivity index (χ0v) is 34.2. The number of allylic oxidation sites excluding steroid dienone is 4. The molecular formula is C41H80NO7P. The zero-order chi connectivity index (χ0) is 37.0. The number of esters is 1. The van der Waals surface area contributed by atoms with Crippen LogP contribution in [0, 0.1) is 0 Å². The Bertz CT molecular complexity index is 858. The molecule has 2 unspecified atom stereocenters. The number of carbonyl (C=O) groups excluding carboxylic acids is 1. The van der Waals surface area contributed by atoms with Gasteiger partial charge in [-0.05, 0) is 44.9 Å². The van der Waals surface area contributed by atoms with Crippen LogP contribution in [0.2, 0.25) is 0 Å². The van der Waals surface area contributed by atoms with Crippen LogP contribution in [-0.2, 0) is 27.9 Å². The summed E-state index contributed by atoms with van der Waals surface area (Å²) in [7, 11) is 1.35. The summed E-state index contributed by atoms with van der Waals surface area (Å²) in [5, 5.41) is 0. The average molecular weight is 730 g/mol. The lowest BCUT2D eigenvalue weighted by molar-refractivity contribution is -0.870. The van der Waals surface area contributed by atoms with Gasteiger partial charge in [-0.2, -0.15) is 0 Å². The van der Waals surface area contributed by atoms with Crippen molar-refractivity contribution in [2.24, 2.45) is 0 Å². The molecule has 0 aliphatic rings. The van der Waals surface area contributed by atoms with Crippen molar-refractivity contribution in [2.45, 2.75) is 180 Å². The second-order valence-electron chi connectivity index (χ2n) is 15.0. The molecule has 2 atom stereocenters.